The summed E-state index contributed by atoms with van der Waals surface area (Å²) in [5.41, 5.74) is 4.35. The number of aryl methyl sites for hydroxylation is 2. The summed E-state index contributed by atoms with van der Waals surface area (Å²) in [5, 5.41) is 2.18. The lowest BCUT2D eigenvalue weighted by molar-refractivity contribution is 1.04. The molecule has 0 aliphatic rings. The van der Waals surface area contributed by atoms with Gasteiger partial charge in [0.05, 0.1) is 0 Å². The van der Waals surface area contributed by atoms with E-state index in [-0.39, 0.29) is 0 Å². The quantitative estimate of drug-likeness (QED) is 0.682. The van der Waals surface area contributed by atoms with E-state index >= 15 is 0 Å². The van der Waals surface area contributed by atoms with Crippen LogP contribution < -0.4 is 0 Å². The zero-order valence-corrected chi connectivity index (χ0v) is 10.9. The number of rotatable bonds is 2. The van der Waals surface area contributed by atoms with Gasteiger partial charge in [0.25, 0.3) is 0 Å². The summed E-state index contributed by atoms with van der Waals surface area (Å²) in [6.07, 6.45) is 2.25. The lowest BCUT2D eigenvalue weighted by Crippen LogP contribution is -1.91. The Morgan fingerprint density at radius 3 is 2.40 bits per heavy atom. The molecule has 0 bridgehead atoms. The molecule has 0 spiro atoms. The summed E-state index contributed by atoms with van der Waals surface area (Å²) in [5.74, 6) is 0. The van der Waals surface area contributed by atoms with Crippen molar-refractivity contribution in [3.05, 3.63) is 45.1 Å². The molecule has 0 saturated carbocycles. The van der Waals surface area contributed by atoms with Crippen LogP contribution in [0.3, 0.4) is 0 Å². The molecule has 0 amide bonds. The summed E-state index contributed by atoms with van der Waals surface area (Å²) in [6, 6.07) is 6.44. The zero-order valence-electron chi connectivity index (χ0n) is 10.1. The van der Waals surface area contributed by atoms with Gasteiger partial charge < -0.3 is 0 Å². The Morgan fingerprint density at radius 1 is 1.07 bits per heavy atom. The first-order valence-electron chi connectivity index (χ1n) is 5.60. The fourth-order valence-corrected chi connectivity index (χ4v) is 2.71. The standard InChI is InChI=1S/C14H20S/c1-5-13-12(4)11(3)9-7-8-10-15-14(13)6-2/h7-10H,5-6H2,1-4H3. The van der Waals surface area contributed by atoms with E-state index in [4.69, 9.17) is 0 Å². The van der Waals surface area contributed by atoms with Crippen molar-refractivity contribution >= 4 is 11.3 Å². The van der Waals surface area contributed by atoms with Crippen molar-refractivity contribution in [2.24, 2.45) is 0 Å². The van der Waals surface area contributed by atoms with Crippen molar-refractivity contribution in [3.63, 3.8) is 0 Å². The van der Waals surface area contributed by atoms with E-state index in [0.717, 1.165) is 12.8 Å². The van der Waals surface area contributed by atoms with Crippen LogP contribution in [0.4, 0.5) is 0 Å². The van der Waals surface area contributed by atoms with Crippen LogP contribution in [0.2, 0.25) is 0 Å². The molecular weight excluding hydrogens is 200 g/mol. The Labute approximate surface area is 97.3 Å². The second kappa shape index (κ2) is 5.92. The van der Waals surface area contributed by atoms with Gasteiger partial charge in [0, 0.05) is 4.88 Å². The molecule has 82 valence electrons. The third kappa shape index (κ3) is 3.07. The minimum atomic E-state index is 1.13. The molecule has 0 atom stereocenters. The summed E-state index contributed by atoms with van der Waals surface area (Å²) in [7, 11) is 0. The third-order valence-electron chi connectivity index (χ3n) is 2.80. The van der Waals surface area contributed by atoms with Crippen molar-refractivity contribution in [2.75, 3.05) is 0 Å². The molecule has 0 fully saturated rings. The van der Waals surface area contributed by atoms with Gasteiger partial charge in [0.2, 0.25) is 0 Å². The monoisotopic (exact) mass is 220 g/mol. The smallest absolute Gasteiger partial charge is 0.00768 e. The van der Waals surface area contributed by atoms with Gasteiger partial charge in [-0.2, -0.15) is 0 Å². The van der Waals surface area contributed by atoms with Gasteiger partial charge in [-0.3, -0.25) is 0 Å². The van der Waals surface area contributed by atoms with Crippen molar-refractivity contribution in [1.82, 2.24) is 0 Å². The van der Waals surface area contributed by atoms with E-state index in [2.05, 4.69) is 51.3 Å². The molecule has 0 saturated heterocycles. The van der Waals surface area contributed by atoms with Gasteiger partial charge in [-0.25, -0.2) is 0 Å². The van der Waals surface area contributed by atoms with Crippen LogP contribution in [0.25, 0.3) is 0 Å². The van der Waals surface area contributed by atoms with Crippen LogP contribution >= 0.6 is 11.3 Å². The Hall–Kier alpha value is -0.820. The van der Waals surface area contributed by atoms with Gasteiger partial charge in [-0.1, -0.05) is 32.0 Å². The molecule has 0 aliphatic heterocycles. The summed E-state index contributed by atoms with van der Waals surface area (Å²) >= 11 is 1.86. The Balaban J connectivity index is 3.57. The van der Waals surface area contributed by atoms with Crippen LogP contribution in [-0.4, -0.2) is 0 Å². The predicted molar refractivity (Wildman–Crippen MR) is 70.2 cm³/mol. The highest BCUT2D eigenvalue weighted by Crippen LogP contribution is 2.19. The molecule has 0 aliphatic carbocycles. The van der Waals surface area contributed by atoms with Crippen LogP contribution in [-0.2, 0) is 12.8 Å². The molecule has 0 nitrogen and oxygen atoms in total. The largest absolute Gasteiger partial charge is 0.149 e. The lowest BCUT2D eigenvalue weighted by Gasteiger charge is -2.06. The molecule has 15 heavy (non-hydrogen) atoms. The van der Waals surface area contributed by atoms with Gasteiger partial charge >= 0.3 is 0 Å². The highest BCUT2D eigenvalue weighted by molar-refractivity contribution is 7.09. The van der Waals surface area contributed by atoms with Crippen LogP contribution in [0, 0.1) is 13.8 Å². The first-order valence-corrected chi connectivity index (χ1v) is 6.48. The SMILES string of the molecule is CCc1sccccc(C)c(C)c1CC. The normalized spacial score (nSPS) is 9.87. The van der Waals surface area contributed by atoms with Gasteiger partial charge in [-0.05, 0) is 48.8 Å². The van der Waals surface area contributed by atoms with Crippen molar-refractivity contribution in [2.45, 2.75) is 40.5 Å². The van der Waals surface area contributed by atoms with E-state index in [1.165, 1.54) is 21.6 Å². The van der Waals surface area contributed by atoms with Crippen LogP contribution in [0.1, 0.15) is 35.4 Å². The van der Waals surface area contributed by atoms with Crippen LogP contribution in [0.5, 0.6) is 0 Å². The zero-order chi connectivity index (χ0) is 11.3. The number of hydrogen-bond donors (Lipinski definition) is 0. The minimum absolute atomic E-state index is 1.13. The van der Waals surface area contributed by atoms with Crippen molar-refractivity contribution in [1.29, 1.82) is 0 Å². The fraction of sp³-hybridized carbons (Fsp3) is 0.429. The Kier molecular flexibility index (Phi) is 4.83. The molecule has 1 heteroatoms. The first kappa shape index (κ1) is 12.3. The fourth-order valence-electron chi connectivity index (χ4n) is 1.77. The molecule has 1 aromatic heterocycles. The van der Waals surface area contributed by atoms with Crippen molar-refractivity contribution in [3.8, 4) is 0 Å². The first-order chi connectivity index (χ1) is 7.20. The maximum atomic E-state index is 2.24. The summed E-state index contributed by atoms with van der Waals surface area (Å²) in [6.45, 7) is 8.91. The molecule has 1 aromatic rings. The Bertz CT molecular complexity index is 373. The Morgan fingerprint density at radius 2 is 1.80 bits per heavy atom. The summed E-state index contributed by atoms with van der Waals surface area (Å²) in [4.78, 5) is 1.51. The topological polar surface area (TPSA) is 0 Å². The molecule has 1 rings (SSSR count). The number of hydrogen-bond acceptors (Lipinski definition) is 1. The molecule has 0 unspecified atom stereocenters. The molecule has 0 N–H and O–H groups in total. The highest BCUT2D eigenvalue weighted by atomic mass is 32.1. The second-order valence-electron chi connectivity index (χ2n) is 3.72. The third-order valence-corrected chi connectivity index (χ3v) is 3.91. The van der Waals surface area contributed by atoms with E-state index in [9.17, 15) is 0 Å². The van der Waals surface area contributed by atoms with Gasteiger partial charge in [-0.15, -0.1) is 11.3 Å². The molecule has 0 radical (unpaired) electrons. The lowest BCUT2D eigenvalue weighted by atomic mass is 10.0. The summed E-state index contributed by atoms with van der Waals surface area (Å²) < 4.78 is 0. The van der Waals surface area contributed by atoms with E-state index in [1.54, 1.807) is 0 Å². The van der Waals surface area contributed by atoms with Gasteiger partial charge in [0.15, 0.2) is 0 Å². The van der Waals surface area contributed by atoms with E-state index in [0.29, 0.717) is 0 Å². The second-order valence-corrected chi connectivity index (χ2v) is 4.72. The average Bonchev–Trinajstić information content (AvgIpc) is 2.31. The van der Waals surface area contributed by atoms with E-state index < -0.39 is 0 Å². The molecule has 0 aromatic carbocycles. The minimum Gasteiger partial charge on any atom is -0.149 e. The van der Waals surface area contributed by atoms with E-state index in [1.807, 2.05) is 11.3 Å². The highest BCUT2D eigenvalue weighted by Gasteiger charge is 2.01. The molecule has 1 heterocycles. The predicted octanol–water partition coefficient (Wildman–Crippen LogP) is 4.61. The maximum absolute atomic E-state index is 2.24. The van der Waals surface area contributed by atoms with Crippen molar-refractivity contribution < 1.29 is 0 Å². The average molecular weight is 220 g/mol. The van der Waals surface area contributed by atoms with Gasteiger partial charge in [0.1, 0.15) is 0 Å². The van der Waals surface area contributed by atoms with Crippen LogP contribution in [0.15, 0.2) is 23.6 Å². The molecular formula is C14H20S. The maximum Gasteiger partial charge on any atom is 0.00768 e.